The quantitative estimate of drug-likeness (QED) is 0.908. The lowest BCUT2D eigenvalue weighted by Gasteiger charge is -2.20. The van der Waals surface area contributed by atoms with E-state index >= 15 is 0 Å². The van der Waals surface area contributed by atoms with Gasteiger partial charge in [0.05, 0.1) is 11.1 Å². The molecule has 2 rings (SSSR count). The Balaban J connectivity index is 2.53. The van der Waals surface area contributed by atoms with Gasteiger partial charge in [0, 0.05) is 11.8 Å². The molecule has 0 saturated carbocycles. The van der Waals surface area contributed by atoms with E-state index in [2.05, 4.69) is 10.3 Å². The Morgan fingerprint density at radius 3 is 2.68 bits per heavy atom. The van der Waals surface area contributed by atoms with Crippen molar-refractivity contribution in [2.45, 2.75) is 13.0 Å². The van der Waals surface area contributed by atoms with E-state index in [1.807, 2.05) is 20.0 Å². The van der Waals surface area contributed by atoms with Crippen LogP contribution in [0.3, 0.4) is 0 Å². The van der Waals surface area contributed by atoms with Crippen LogP contribution in [0.2, 0.25) is 5.02 Å². The molecule has 1 aromatic heterocycles. The van der Waals surface area contributed by atoms with Crippen LogP contribution in [0.4, 0.5) is 10.2 Å². The smallest absolute Gasteiger partial charge is 0.141 e. The molecule has 100 valence electrons. The molecule has 0 bridgehead atoms. The monoisotopic (exact) mass is 279 g/mol. The van der Waals surface area contributed by atoms with Crippen molar-refractivity contribution in [2.75, 3.05) is 12.8 Å². The van der Waals surface area contributed by atoms with E-state index in [0.717, 1.165) is 16.7 Å². The summed E-state index contributed by atoms with van der Waals surface area (Å²) in [6.45, 7) is 1.96. The Morgan fingerprint density at radius 1 is 1.37 bits per heavy atom. The van der Waals surface area contributed by atoms with Crippen molar-refractivity contribution in [3.63, 3.8) is 0 Å². The Bertz CT molecular complexity index is 581. The van der Waals surface area contributed by atoms with Crippen molar-refractivity contribution >= 4 is 17.4 Å². The number of benzene rings is 1. The molecule has 5 heteroatoms. The van der Waals surface area contributed by atoms with Gasteiger partial charge in [0.2, 0.25) is 0 Å². The molecule has 1 heterocycles. The van der Waals surface area contributed by atoms with Crippen LogP contribution < -0.4 is 11.1 Å². The Morgan fingerprint density at radius 2 is 2.11 bits per heavy atom. The predicted octanol–water partition coefficient (Wildman–Crippen LogP) is 3.07. The lowest BCUT2D eigenvalue weighted by molar-refractivity contribution is 0.623. The van der Waals surface area contributed by atoms with E-state index in [0.29, 0.717) is 5.82 Å². The van der Waals surface area contributed by atoms with Gasteiger partial charge in [0.15, 0.2) is 0 Å². The van der Waals surface area contributed by atoms with Crippen molar-refractivity contribution in [2.24, 2.45) is 0 Å². The molecule has 1 aromatic carbocycles. The van der Waals surface area contributed by atoms with Gasteiger partial charge in [-0.3, -0.25) is 0 Å². The highest BCUT2D eigenvalue weighted by Gasteiger charge is 2.18. The number of nitrogens with two attached hydrogens (primary N) is 1. The number of aryl methyl sites for hydroxylation is 1. The molecule has 0 amide bonds. The number of nitrogen functional groups attached to an aromatic ring is 1. The van der Waals surface area contributed by atoms with E-state index in [4.69, 9.17) is 17.3 Å². The fourth-order valence-corrected chi connectivity index (χ4v) is 2.32. The first kappa shape index (κ1) is 13.8. The second-order valence-electron chi connectivity index (χ2n) is 4.32. The minimum atomic E-state index is -0.434. The minimum Gasteiger partial charge on any atom is -0.383 e. The van der Waals surface area contributed by atoms with Crippen molar-refractivity contribution < 1.29 is 4.39 Å². The van der Waals surface area contributed by atoms with Crippen molar-refractivity contribution in [3.8, 4) is 0 Å². The van der Waals surface area contributed by atoms with Gasteiger partial charge in [0.25, 0.3) is 0 Å². The van der Waals surface area contributed by atoms with Crippen LogP contribution >= 0.6 is 11.6 Å². The summed E-state index contributed by atoms with van der Waals surface area (Å²) in [4.78, 5) is 4.11. The maximum absolute atomic E-state index is 13.2. The number of aromatic nitrogens is 1. The third-order valence-electron chi connectivity index (χ3n) is 3.09. The van der Waals surface area contributed by atoms with Crippen LogP contribution in [0.1, 0.15) is 22.7 Å². The third-order valence-corrected chi connectivity index (χ3v) is 3.38. The maximum Gasteiger partial charge on any atom is 0.141 e. The fraction of sp³-hybridized carbons (Fsp3) is 0.214. The molecule has 0 aliphatic heterocycles. The summed E-state index contributed by atoms with van der Waals surface area (Å²) >= 11 is 5.83. The maximum atomic E-state index is 13.2. The summed E-state index contributed by atoms with van der Waals surface area (Å²) in [6, 6.07) is 6.36. The van der Waals surface area contributed by atoms with E-state index in [-0.39, 0.29) is 11.1 Å². The Labute approximate surface area is 116 Å². The zero-order valence-electron chi connectivity index (χ0n) is 10.7. The first-order valence-electron chi connectivity index (χ1n) is 5.87. The highest BCUT2D eigenvalue weighted by Crippen LogP contribution is 2.30. The molecule has 0 spiro atoms. The van der Waals surface area contributed by atoms with E-state index in [1.54, 1.807) is 18.3 Å². The van der Waals surface area contributed by atoms with E-state index < -0.39 is 5.82 Å². The standard InChI is InChI=1S/C14H15ClFN3/c1-8-5-6-19-14(17)12(8)13(18-2)9-3-4-11(16)10(15)7-9/h3-7,13,18H,1-2H3,(H2,17,19). The first-order chi connectivity index (χ1) is 9.04. The largest absolute Gasteiger partial charge is 0.383 e. The summed E-state index contributed by atoms with van der Waals surface area (Å²) in [5.41, 5.74) is 8.69. The van der Waals surface area contributed by atoms with Crippen LogP contribution in [0.25, 0.3) is 0 Å². The number of halogens is 2. The second kappa shape index (κ2) is 5.55. The lowest BCUT2D eigenvalue weighted by atomic mass is 9.96. The molecule has 0 saturated heterocycles. The van der Waals surface area contributed by atoms with Gasteiger partial charge in [-0.15, -0.1) is 0 Å². The predicted molar refractivity (Wildman–Crippen MR) is 75.7 cm³/mol. The first-order valence-corrected chi connectivity index (χ1v) is 6.25. The molecule has 19 heavy (non-hydrogen) atoms. The minimum absolute atomic E-state index is 0.0952. The summed E-state index contributed by atoms with van der Waals surface area (Å²) < 4.78 is 13.2. The zero-order chi connectivity index (χ0) is 14.0. The van der Waals surface area contributed by atoms with Gasteiger partial charge in [-0.25, -0.2) is 9.37 Å². The van der Waals surface area contributed by atoms with Gasteiger partial charge in [-0.05, 0) is 43.3 Å². The second-order valence-corrected chi connectivity index (χ2v) is 4.73. The fourth-order valence-electron chi connectivity index (χ4n) is 2.14. The molecule has 0 aliphatic rings. The number of anilines is 1. The van der Waals surface area contributed by atoms with Gasteiger partial charge in [-0.1, -0.05) is 17.7 Å². The van der Waals surface area contributed by atoms with Crippen molar-refractivity contribution in [3.05, 3.63) is 58.0 Å². The number of pyridine rings is 1. The summed E-state index contributed by atoms with van der Waals surface area (Å²) in [5, 5.41) is 3.26. The third kappa shape index (κ3) is 2.69. The number of rotatable bonds is 3. The highest BCUT2D eigenvalue weighted by atomic mass is 35.5. The molecule has 1 atom stereocenters. The van der Waals surface area contributed by atoms with Gasteiger partial charge in [0.1, 0.15) is 11.6 Å². The van der Waals surface area contributed by atoms with E-state index in [1.165, 1.54) is 6.07 Å². The molecular weight excluding hydrogens is 265 g/mol. The Kier molecular flexibility index (Phi) is 4.02. The normalized spacial score (nSPS) is 12.4. The number of hydrogen-bond acceptors (Lipinski definition) is 3. The SMILES string of the molecule is CNC(c1ccc(F)c(Cl)c1)c1c(C)ccnc1N. The van der Waals surface area contributed by atoms with Crippen LogP contribution in [-0.2, 0) is 0 Å². The van der Waals surface area contributed by atoms with Crippen LogP contribution in [0.5, 0.6) is 0 Å². The molecular formula is C14H15ClFN3. The molecule has 0 aliphatic carbocycles. The zero-order valence-corrected chi connectivity index (χ0v) is 11.5. The summed E-state index contributed by atoms with van der Waals surface area (Å²) in [6.07, 6.45) is 1.67. The molecule has 0 radical (unpaired) electrons. The molecule has 3 nitrogen and oxygen atoms in total. The average Bonchev–Trinajstić information content (AvgIpc) is 2.37. The number of nitrogens with one attached hydrogen (secondary N) is 1. The highest BCUT2D eigenvalue weighted by molar-refractivity contribution is 6.30. The molecule has 1 unspecified atom stereocenters. The van der Waals surface area contributed by atoms with E-state index in [9.17, 15) is 4.39 Å². The van der Waals surface area contributed by atoms with Gasteiger partial charge < -0.3 is 11.1 Å². The molecule has 0 fully saturated rings. The summed E-state index contributed by atoms with van der Waals surface area (Å²) in [7, 11) is 1.81. The van der Waals surface area contributed by atoms with Crippen LogP contribution in [-0.4, -0.2) is 12.0 Å². The van der Waals surface area contributed by atoms with Crippen LogP contribution in [0.15, 0.2) is 30.5 Å². The lowest BCUT2D eigenvalue weighted by Crippen LogP contribution is -2.20. The molecule has 2 aromatic rings. The Hall–Kier alpha value is -1.65. The van der Waals surface area contributed by atoms with Gasteiger partial charge in [-0.2, -0.15) is 0 Å². The topological polar surface area (TPSA) is 50.9 Å². The van der Waals surface area contributed by atoms with Crippen molar-refractivity contribution in [1.29, 1.82) is 0 Å². The molecule has 3 N–H and O–H groups in total. The average molecular weight is 280 g/mol. The number of hydrogen-bond donors (Lipinski definition) is 2. The van der Waals surface area contributed by atoms with Crippen molar-refractivity contribution in [1.82, 2.24) is 10.3 Å². The summed E-state index contributed by atoms with van der Waals surface area (Å²) in [5.74, 6) is 0.0240. The van der Waals surface area contributed by atoms with Gasteiger partial charge >= 0.3 is 0 Å². The van der Waals surface area contributed by atoms with Crippen LogP contribution in [0, 0.1) is 12.7 Å². The number of nitrogens with zero attached hydrogens (tertiary/aromatic N) is 1.